The van der Waals surface area contributed by atoms with Crippen LogP contribution in [0.1, 0.15) is 13.8 Å². The van der Waals surface area contributed by atoms with E-state index in [0.29, 0.717) is 12.5 Å². The molecule has 0 atom stereocenters. The lowest BCUT2D eigenvalue weighted by Crippen LogP contribution is -2.41. The van der Waals surface area contributed by atoms with E-state index in [4.69, 9.17) is 0 Å². The Hall–Kier alpha value is -1.32. The van der Waals surface area contributed by atoms with Crippen LogP contribution in [0.2, 0.25) is 0 Å². The zero-order valence-corrected chi connectivity index (χ0v) is 8.29. The van der Waals surface area contributed by atoms with Gasteiger partial charge in [-0.25, -0.2) is 4.99 Å². The molecule has 13 heavy (non-hydrogen) atoms. The Labute approximate surface area is 78.3 Å². The summed E-state index contributed by atoms with van der Waals surface area (Å²) in [6.07, 6.45) is 0. The first-order chi connectivity index (χ1) is 6.00. The number of guanidine groups is 1. The van der Waals surface area contributed by atoms with Crippen LogP contribution in [-0.4, -0.2) is 30.4 Å². The van der Waals surface area contributed by atoms with Gasteiger partial charge in [0.1, 0.15) is 0 Å². The molecule has 1 aliphatic heterocycles. The number of nitrogens with zero attached hydrogens (tertiary/aromatic N) is 2. The number of likely N-dealkylation sites (N-methyl/N-ethyl adjacent to an activating group) is 1. The first-order valence-corrected chi connectivity index (χ1v) is 4.29. The molecule has 0 bridgehead atoms. The lowest BCUT2D eigenvalue weighted by atomic mass is 10.2. The van der Waals surface area contributed by atoms with E-state index in [9.17, 15) is 4.79 Å². The number of rotatable bonds is 1. The van der Waals surface area contributed by atoms with Crippen LogP contribution in [-0.2, 0) is 4.79 Å². The fourth-order valence-corrected chi connectivity index (χ4v) is 0.997. The normalized spacial score (nSPS) is 16.5. The second-order valence-electron chi connectivity index (χ2n) is 3.50. The molecule has 0 aromatic heterocycles. The Kier molecular flexibility index (Phi) is 2.70. The lowest BCUT2D eigenvalue weighted by molar-refractivity contribution is -0.122. The van der Waals surface area contributed by atoms with Crippen molar-refractivity contribution >= 4 is 11.9 Å². The third-order valence-electron chi connectivity index (χ3n) is 1.80. The zero-order chi connectivity index (χ0) is 10.0. The summed E-state index contributed by atoms with van der Waals surface area (Å²) in [5.41, 5.74) is 0.779. The number of carbonyl (C=O) groups excluding carboxylic acids is 1. The number of hydrogen-bond donors (Lipinski definition) is 1. The molecule has 1 N–H and O–H groups in total. The minimum absolute atomic E-state index is 0.0136. The predicted molar refractivity (Wildman–Crippen MR) is 52.2 cm³/mol. The quantitative estimate of drug-likeness (QED) is 0.643. The lowest BCUT2D eigenvalue weighted by Gasteiger charge is -2.14. The monoisotopic (exact) mass is 181 g/mol. The van der Waals surface area contributed by atoms with Gasteiger partial charge in [-0.3, -0.25) is 10.1 Å². The Bertz CT molecular complexity index is 268. The van der Waals surface area contributed by atoms with Crippen molar-refractivity contribution in [3.63, 3.8) is 0 Å². The second kappa shape index (κ2) is 3.60. The van der Waals surface area contributed by atoms with Gasteiger partial charge in [0.25, 0.3) is 0 Å². The highest BCUT2D eigenvalue weighted by molar-refractivity contribution is 5.98. The summed E-state index contributed by atoms with van der Waals surface area (Å²) < 4.78 is 0. The number of nitrogens with one attached hydrogen (secondary N) is 1. The SMILES string of the molecule is C=C1CN(C)C(NC(=O)C(C)C)=N1. The van der Waals surface area contributed by atoms with Crippen LogP contribution in [0.4, 0.5) is 0 Å². The van der Waals surface area contributed by atoms with E-state index >= 15 is 0 Å². The van der Waals surface area contributed by atoms with Gasteiger partial charge in [0.15, 0.2) is 0 Å². The van der Waals surface area contributed by atoms with Crippen molar-refractivity contribution in [3.05, 3.63) is 12.3 Å². The molecule has 0 saturated carbocycles. The van der Waals surface area contributed by atoms with Gasteiger partial charge in [0.2, 0.25) is 11.9 Å². The highest BCUT2D eigenvalue weighted by Crippen LogP contribution is 2.06. The maximum absolute atomic E-state index is 11.3. The van der Waals surface area contributed by atoms with Crippen molar-refractivity contribution in [2.24, 2.45) is 10.9 Å². The summed E-state index contributed by atoms with van der Waals surface area (Å²) >= 11 is 0. The van der Waals surface area contributed by atoms with Crippen LogP contribution >= 0.6 is 0 Å². The van der Waals surface area contributed by atoms with Crippen molar-refractivity contribution in [2.75, 3.05) is 13.6 Å². The fraction of sp³-hybridized carbons (Fsp3) is 0.556. The third kappa shape index (κ3) is 2.31. The zero-order valence-electron chi connectivity index (χ0n) is 8.29. The first kappa shape index (κ1) is 9.77. The van der Waals surface area contributed by atoms with Gasteiger partial charge in [0, 0.05) is 13.0 Å². The Morgan fingerprint density at radius 2 is 2.31 bits per heavy atom. The molecule has 72 valence electrons. The molecule has 0 radical (unpaired) electrons. The van der Waals surface area contributed by atoms with Gasteiger partial charge < -0.3 is 4.90 Å². The van der Waals surface area contributed by atoms with Crippen molar-refractivity contribution in [3.8, 4) is 0 Å². The Morgan fingerprint density at radius 1 is 1.69 bits per heavy atom. The van der Waals surface area contributed by atoms with Gasteiger partial charge in [-0.1, -0.05) is 20.4 Å². The third-order valence-corrected chi connectivity index (χ3v) is 1.80. The number of hydrogen-bond acceptors (Lipinski definition) is 3. The highest BCUT2D eigenvalue weighted by Gasteiger charge is 2.18. The molecule has 1 heterocycles. The molecule has 0 saturated heterocycles. The van der Waals surface area contributed by atoms with E-state index in [1.807, 2.05) is 25.8 Å². The molecule has 1 aliphatic rings. The standard InChI is InChI=1S/C9H15N3O/c1-6(2)8(13)11-9-10-7(3)5-12(9)4/h6H,3,5H2,1-2,4H3,(H,10,11,13). The van der Waals surface area contributed by atoms with Crippen LogP contribution in [0.3, 0.4) is 0 Å². The highest BCUT2D eigenvalue weighted by atomic mass is 16.2. The smallest absolute Gasteiger partial charge is 0.229 e. The maximum atomic E-state index is 11.3. The Balaban J connectivity index is 2.59. The number of aliphatic imine (C=N–C) groups is 1. The molecule has 0 spiro atoms. The predicted octanol–water partition coefficient (Wildman–Crippen LogP) is 0.574. The molecule has 4 heteroatoms. The van der Waals surface area contributed by atoms with Crippen molar-refractivity contribution < 1.29 is 4.79 Å². The van der Waals surface area contributed by atoms with Crippen molar-refractivity contribution in [2.45, 2.75) is 13.8 Å². The van der Waals surface area contributed by atoms with Crippen LogP contribution in [0, 0.1) is 5.92 Å². The summed E-state index contributed by atoms with van der Waals surface area (Å²) in [5, 5.41) is 2.73. The van der Waals surface area contributed by atoms with Crippen molar-refractivity contribution in [1.82, 2.24) is 10.2 Å². The van der Waals surface area contributed by atoms with E-state index in [2.05, 4.69) is 16.9 Å². The van der Waals surface area contributed by atoms with Crippen molar-refractivity contribution in [1.29, 1.82) is 0 Å². The van der Waals surface area contributed by atoms with Gasteiger partial charge in [-0.15, -0.1) is 0 Å². The largest absolute Gasteiger partial charge is 0.340 e. The minimum atomic E-state index is -0.0232. The molecule has 4 nitrogen and oxygen atoms in total. The fourth-order valence-electron chi connectivity index (χ4n) is 0.997. The van der Waals surface area contributed by atoms with Crippen LogP contribution in [0.25, 0.3) is 0 Å². The Morgan fingerprint density at radius 3 is 2.69 bits per heavy atom. The van der Waals surface area contributed by atoms with Gasteiger partial charge in [-0.2, -0.15) is 0 Å². The molecule has 0 fully saturated rings. The molecular formula is C9H15N3O. The topological polar surface area (TPSA) is 44.7 Å². The second-order valence-corrected chi connectivity index (χ2v) is 3.50. The van der Waals surface area contributed by atoms with Crippen LogP contribution in [0.15, 0.2) is 17.3 Å². The first-order valence-electron chi connectivity index (χ1n) is 4.29. The minimum Gasteiger partial charge on any atom is -0.340 e. The summed E-state index contributed by atoms with van der Waals surface area (Å²) in [5.74, 6) is 0.564. The van der Waals surface area contributed by atoms with E-state index in [1.54, 1.807) is 0 Å². The summed E-state index contributed by atoms with van der Waals surface area (Å²) in [7, 11) is 1.87. The van der Waals surface area contributed by atoms with E-state index in [0.717, 1.165) is 5.70 Å². The average molecular weight is 181 g/mol. The molecular weight excluding hydrogens is 166 g/mol. The molecule has 0 aliphatic carbocycles. The van der Waals surface area contributed by atoms with Gasteiger partial charge in [-0.05, 0) is 0 Å². The summed E-state index contributed by atoms with van der Waals surface area (Å²) in [6.45, 7) is 8.11. The molecule has 1 rings (SSSR count). The summed E-state index contributed by atoms with van der Waals surface area (Å²) in [4.78, 5) is 17.3. The van der Waals surface area contributed by atoms with Gasteiger partial charge >= 0.3 is 0 Å². The van der Waals surface area contributed by atoms with E-state index < -0.39 is 0 Å². The average Bonchev–Trinajstić information content (AvgIpc) is 2.30. The molecule has 0 unspecified atom stereocenters. The van der Waals surface area contributed by atoms with Crippen LogP contribution in [0.5, 0.6) is 0 Å². The number of carbonyl (C=O) groups is 1. The molecule has 1 amide bonds. The van der Waals surface area contributed by atoms with Crippen LogP contribution < -0.4 is 5.32 Å². The van der Waals surface area contributed by atoms with E-state index in [1.165, 1.54) is 0 Å². The number of amides is 1. The molecule has 0 aromatic rings. The van der Waals surface area contributed by atoms with E-state index in [-0.39, 0.29) is 11.8 Å². The molecule has 0 aromatic carbocycles. The van der Waals surface area contributed by atoms with Gasteiger partial charge in [0.05, 0.1) is 12.2 Å². The summed E-state index contributed by atoms with van der Waals surface area (Å²) in [6, 6.07) is 0. The maximum Gasteiger partial charge on any atom is 0.229 e.